The Hall–Kier alpha value is -2.73. The Morgan fingerprint density at radius 1 is 1.11 bits per heavy atom. The molecule has 7 aliphatic rings. The molecule has 0 radical (unpaired) electrons. The quantitative estimate of drug-likeness (QED) is 0.114. The number of rotatable bonds is 0. The van der Waals surface area contributed by atoms with Crippen LogP contribution in [0, 0.1) is 51.7 Å². The van der Waals surface area contributed by atoms with Gasteiger partial charge in [0.15, 0.2) is 0 Å². The predicted molar refractivity (Wildman–Crippen MR) is 141 cm³/mol. The largest absolute Gasteiger partial charge is 0.344 e. The van der Waals surface area contributed by atoms with E-state index in [-0.39, 0.29) is 5.03 Å². The van der Waals surface area contributed by atoms with Crippen molar-refractivity contribution in [1.29, 1.82) is 15.9 Å². The van der Waals surface area contributed by atoms with Crippen molar-refractivity contribution in [3.63, 3.8) is 0 Å². The number of fused-ring (bicyclic) bond motifs is 4. The van der Waals surface area contributed by atoms with Crippen LogP contribution in [0.1, 0.15) is 51.4 Å². The smallest absolute Gasteiger partial charge is 0.231 e. The van der Waals surface area contributed by atoms with Crippen LogP contribution in [0.5, 0.6) is 0 Å². The minimum Gasteiger partial charge on any atom is -0.344 e. The average Bonchev–Trinajstić information content (AvgIpc) is 2.97. The molecule has 188 valence electrons. The van der Waals surface area contributed by atoms with Crippen molar-refractivity contribution in [3.8, 4) is 12.1 Å². The first-order valence-electron chi connectivity index (χ1n) is 12.4. The van der Waals surface area contributed by atoms with Gasteiger partial charge in [-0.25, -0.2) is 10.2 Å². The molecule has 0 saturated heterocycles. The van der Waals surface area contributed by atoms with E-state index in [0.717, 1.165) is 31.8 Å². The predicted octanol–water partition coefficient (Wildman–Crippen LogP) is 7.23. The first kappa shape index (κ1) is 28.5. The summed E-state index contributed by atoms with van der Waals surface area (Å²) in [7, 11) is 0. The Morgan fingerprint density at radius 2 is 1.69 bits per heavy atom. The number of nitriles is 2. The van der Waals surface area contributed by atoms with Crippen LogP contribution < -0.4 is 6.14 Å². The molecule has 7 rings (SSSR count). The average molecular weight is 520 g/mol. The van der Waals surface area contributed by atoms with Gasteiger partial charge in [-0.1, -0.05) is 66.8 Å². The molecular formula is C27H34Cl2N4O2. The second-order valence-electron chi connectivity index (χ2n) is 8.55. The third-order valence-corrected chi connectivity index (χ3v) is 6.75. The van der Waals surface area contributed by atoms with Crippen molar-refractivity contribution in [2.45, 2.75) is 56.2 Å². The van der Waals surface area contributed by atoms with E-state index in [1.165, 1.54) is 25.7 Å². The fraction of sp³-hybridized carbons (Fsp3) is 0.481. The van der Waals surface area contributed by atoms with Gasteiger partial charge in [-0.05, 0) is 56.8 Å². The number of hydrogen-bond acceptors (Lipinski definition) is 6. The minimum atomic E-state index is -0.572. The number of alkyl halides is 1. The van der Waals surface area contributed by atoms with Crippen LogP contribution in [0.2, 0.25) is 2.82 Å². The van der Waals surface area contributed by atoms with Gasteiger partial charge in [-0.15, -0.1) is 11.6 Å². The number of isocyanates is 1. The molecule has 7 aliphatic carbocycles. The van der Waals surface area contributed by atoms with Gasteiger partial charge in [-0.3, -0.25) is 4.79 Å². The topological polar surface area (TPSA) is 141 Å². The maximum atomic E-state index is 11.0. The lowest BCUT2D eigenvalue weighted by Crippen LogP contribution is -2.39. The summed E-state index contributed by atoms with van der Waals surface area (Å²) < 4.78 is 10.9. The molecule has 0 spiro atoms. The van der Waals surface area contributed by atoms with Crippen LogP contribution in [-0.4, -0.2) is 16.7 Å². The lowest BCUT2D eigenvalue weighted by atomic mass is 9.69. The monoisotopic (exact) mass is 518 g/mol. The molecule has 6 nitrogen and oxygen atoms in total. The van der Waals surface area contributed by atoms with E-state index in [9.17, 15) is 4.79 Å². The molecule has 0 aromatic carbocycles. The zero-order valence-electron chi connectivity index (χ0n) is 21.8. The Morgan fingerprint density at radius 3 is 1.86 bits per heavy atom. The number of Topliss-reactive ketones (excluding diaryl/α,β-unsaturated/α-hetero) is 1. The van der Waals surface area contributed by atoms with Crippen molar-refractivity contribution >= 4 is 35.1 Å². The van der Waals surface area contributed by atoms with Crippen molar-refractivity contribution in [2.75, 3.05) is 0 Å². The van der Waals surface area contributed by atoms with Gasteiger partial charge in [0.2, 0.25) is 7.49 Å². The van der Waals surface area contributed by atoms with Crippen LogP contribution in [0.4, 0.5) is 0 Å². The zero-order valence-corrected chi connectivity index (χ0v) is 21.3. The number of carbonyl (C=O) groups is 1. The summed E-state index contributed by atoms with van der Waals surface area (Å²) in [6.45, 7) is 3.08. The van der Waals surface area contributed by atoms with Gasteiger partial charge >= 0.3 is 0 Å². The van der Waals surface area contributed by atoms with Crippen molar-refractivity contribution in [1.82, 2.24) is 6.14 Å². The Balaban J connectivity index is 0.000000452. The Labute approximate surface area is 221 Å². The molecule has 8 heteroatoms. The summed E-state index contributed by atoms with van der Waals surface area (Å²) >= 11 is 11.1. The highest BCUT2D eigenvalue weighted by Crippen LogP contribution is 2.46. The lowest BCUT2D eigenvalue weighted by molar-refractivity contribution is -0.124. The molecule has 4 N–H and O–H groups in total. The molecule has 0 heterocycles. The fourth-order valence-electron chi connectivity index (χ4n) is 4.36. The first-order chi connectivity index (χ1) is 17.8. The molecule has 35 heavy (non-hydrogen) atoms. The van der Waals surface area contributed by atoms with Gasteiger partial charge in [0, 0.05) is 18.3 Å². The van der Waals surface area contributed by atoms with Crippen LogP contribution in [-0.2, 0) is 9.59 Å². The van der Waals surface area contributed by atoms with Gasteiger partial charge in [-0.2, -0.15) is 10.5 Å². The summed E-state index contributed by atoms with van der Waals surface area (Å²) in [6, 6.07) is 3.82. The molecule has 2 saturated carbocycles. The van der Waals surface area contributed by atoms with E-state index in [2.05, 4.69) is 72.8 Å². The van der Waals surface area contributed by atoms with Crippen molar-refractivity contribution in [3.05, 3.63) is 60.2 Å². The molecule has 0 aliphatic heterocycles. The van der Waals surface area contributed by atoms with Crippen molar-refractivity contribution < 1.29 is 12.4 Å². The molecular weight excluding hydrogens is 483 g/mol. The highest BCUT2D eigenvalue weighted by atomic mass is 35.5. The first-order valence-corrected chi connectivity index (χ1v) is 12.1. The second kappa shape index (κ2) is 17.7. The number of nitrogens with zero attached hydrogens (tertiary/aromatic N) is 2. The maximum absolute atomic E-state index is 11.0. The molecule has 5 unspecified atom stereocenters. The molecule has 2 fully saturated rings. The summed E-state index contributed by atoms with van der Waals surface area (Å²) in [5, 5.41) is 18.7. The maximum Gasteiger partial charge on any atom is 0.231 e. The summed E-state index contributed by atoms with van der Waals surface area (Å²) in [6.07, 6.45) is 30.7. The van der Waals surface area contributed by atoms with E-state index in [1.54, 1.807) is 6.07 Å². The van der Waals surface area contributed by atoms with Crippen LogP contribution in [0.3, 0.4) is 0 Å². The Kier molecular flexibility index (Phi) is 14.4. The van der Waals surface area contributed by atoms with Crippen LogP contribution in [0.15, 0.2) is 60.2 Å². The third kappa shape index (κ3) is 12.0. The highest BCUT2D eigenvalue weighted by Gasteiger charge is 2.43. The van der Waals surface area contributed by atoms with Crippen LogP contribution >= 0.6 is 23.2 Å². The summed E-state index contributed by atoms with van der Waals surface area (Å²) in [4.78, 5) is 19.1. The summed E-state index contributed by atoms with van der Waals surface area (Å²) in [5.41, 5.74) is 0. The highest BCUT2D eigenvalue weighted by molar-refractivity contribution is 6.31. The minimum absolute atomic E-state index is 0.0324. The van der Waals surface area contributed by atoms with Gasteiger partial charge < -0.3 is 6.14 Å². The zero-order chi connectivity index (χ0) is 28.1. The number of halogens is 2. The van der Waals surface area contributed by atoms with E-state index < -0.39 is 4.87 Å². The molecule has 4 bridgehead atoms. The third-order valence-electron chi connectivity index (χ3n) is 6.14. The van der Waals surface area contributed by atoms with E-state index in [1.807, 2.05) is 0 Å². The van der Waals surface area contributed by atoms with E-state index in [4.69, 9.17) is 41.3 Å². The standard InChI is InChI=1S/C9H10ClN.C8H10O.C6H8.C3H2ClN.CHNO.H3N/c10-9(6-11)5-7-1-3-8(9)4-2-7;9-8-5-6-1-3-7(8)4-2-6;1-2-4-6-5-3-1;1-3(4)2-5;2-1-3;/h1,3,7-8H,2,4-5H2;1,3,6-7H,2,4-5H2;1-4H,5-6H2;1H2;2H;1H3/i/hD2. The lowest BCUT2D eigenvalue weighted by Gasteiger charge is -2.39. The number of carbonyl (C=O) groups excluding carboxylic acids is 2. The van der Waals surface area contributed by atoms with Gasteiger partial charge in [0.1, 0.15) is 23.2 Å². The number of nitrogens with one attached hydrogen (secondary N) is 1. The van der Waals surface area contributed by atoms with Gasteiger partial charge in [0.05, 0.1) is 6.07 Å². The molecule has 0 aromatic rings. The normalized spacial score (nSPS) is 29.8. The SMILES string of the molecule is C1=CCCC=C1.C=C(Cl)C#N.N#CC1(Cl)CC2C=CC1CC2.O=C1CC2C=CC1CC2.[2H]N.[2H]N=C=O. The second-order valence-corrected chi connectivity index (χ2v) is 9.68. The Bertz CT molecular complexity index is 966. The number of hydrogen-bond donors (Lipinski definition) is 2. The molecule has 0 aromatic heterocycles. The van der Waals surface area contributed by atoms with Crippen LogP contribution in [0.25, 0.3) is 0 Å². The van der Waals surface area contributed by atoms with Gasteiger partial charge in [0.25, 0.3) is 0 Å². The number of ketones is 1. The molecule has 5 atom stereocenters. The van der Waals surface area contributed by atoms with E-state index >= 15 is 0 Å². The number of allylic oxidation sites excluding steroid dienone is 9. The van der Waals surface area contributed by atoms with E-state index in [0.29, 0.717) is 29.5 Å². The summed E-state index contributed by atoms with van der Waals surface area (Å²) in [5.74, 6) is 2.24. The fourth-order valence-corrected chi connectivity index (χ4v) is 4.74. The van der Waals surface area contributed by atoms with Crippen molar-refractivity contribution in [2.24, 2.45) is 23.7 Å². The molecule has 0 amide bonds.